The van der Waals surface area contributed by atoms with Crippen molar-refractivity contribution in [3.63, 3.8) is 0 Å². The fourth-order valence-corrected chi connectivity index (χ4v) is 12.2. The minimum Gasteiger partial charge on any atom is -0.507 e. The summed E-state index contributed by atoms with van der Waals surface area (Å²) in [5, 5.41) is 119. The molecule has 2 aromatic carbocycles. The number of carbonyl (C=O) groups is 4. The standard InChI is InChI=1S/C22H30O10S2.C14H16O9.C8H14O2S2.I3.I2.HI/c23-8-12-13(24)7-11-16(17(12)26)20-21(32-22(11)29)19(28)18(27)14(31-20)9-30-15(25)4-2-1-3-10(34)5-6-33;15-2-5-6(17)1-4-8(9(5)18)12-13(23-14(4)21)11(20)10(19)7(3-16)22-12;9-8(10)4-2-1-3-7-5-6-11-12-7;1-3-2;1-2;/h7,10,14,18-21,23-24,26-28,33-34H,1-6,8-9H2;1,7,10-13,15-20H,2-3H2;7H,1-6H2,(H,9,10);;;1H/q;;;-1;;. The summed E-state index contributed by atoms with van der Waals surface area (Å²) in [6.45, 7) is -2.38. The number of aliphatic carboxylic acids is 1. The summed E-state index contributed by atoms with van der Waals surface area (Å²) in [5.74, 6) is -3.14. The Balaban J connectivity index is 0.000000403. The Labute approximate surface area is 522 Å². The van der Waals surface area contributed by atoms with Crippen LogP contribution in [0.3, 0.4) is 0 Å². The zero-order valence-corrected chi connectivity index (χ0v) is 56.0. The summed E-state index contributed by atoms with van der Waals surface area (Å²) in [6.07, 6.45) is -5.44. The normalized spacial score (nSPS) is 26.3. The number of carboxylic acid groups (broad SMARTS) is 1. The first-order chi connectivity index (χ1) is 35.3. The summed E-state index contributed by atoms with van der Waals surface area (Å²) in [7, 11) is 3.92. The number of fused-ring (bicyclic) bond motifs is 6. The van der Waals surface area contributed by atoms with Crippen LogP contribution < -0.4 is 13.3 Å². The zero-order chi connectivity index (χ0) is 55.4. The van der Waals surface area contributed by atoms with Crippen LogP contribution in [-0.2, 0) is 46.5 Å². The fourth-order valence-electron chi connectivity index (χ4n) is 8.32. The molecule has 5 heterocycles. The monoisotopic (exact) mass is 1810 g/mol. The maximum atomic E-state index is 12.4. The number of aromatic hydroxyl groups is 4. The van der Waals surface area contributed by atoms with Crippen molar-refractivity contribution in [2.45, 2.75) is 149 Å². The quantitative estimate of drug-likeness (QED) is 0.0270. The topological polar surface area (TPSA) is 357 Å². The Morgan fingerprint density at radius 2 is 1.24 bits per heavy atom. The van der Waals surface area contributed by atoms with Gasteiger partial charge < -0.3 is 85.0 Å². The number of aliphatic hydroxyl groups excluding tert-OH is 7. The van der Waals surface area contributed by atoms with Crippen LogP contribution in [-0.4, -0.2) is 169 Å². The molecule has 2 aromatic rings. The Kier molecular flexibility index (Phi) is 35.7. The summed E-state index contributed by atoms with van der Waals surface area (Å²) < 4.78 is 26.7. The molecule has 5 aliphatic rings. The van der Waals surface area contributed by atoms with E-state index < -0.39 is 128 Å². The number of rotatable bonds is 17. The van der Waals surface area contributed by atoms with E-state index in [0.717, 1.165) is 55.2 Å². The van der Waals surface area contributed by atoms with Crippen molar-refractivity contribution < 1.29 is 117 Å². The number of hydrogen-bond acceptors (Lipinski definition) is 24. The van der Waals surface area contributed by atoms with Crippen molar-refractivity contribution >= 4 is 169 Å². The van der Waals surface area contributed by atoms with Crippen LogP contribution in [0.2, 0.25) is 0 Å². The van der Waals surface area contributed by atoms with E-state index in [4.69, 9.17) is 28.8 Å². The van der Waals surface area contributed by atoms with E-state index in [-0.39, 0.29) is 75.6 Å². The molecule has 0 aliphatic carbocycles. The van der Waals surface area contributed by atoms with Crippen molar-refractivity contribution in [3.8, 4) is 23.0 Å². The van der Waals surface area contributed by atoms with Gasteiger partial charge in [-0.05, 0) is 56.4 Å². The number of thiol groups is 2. The minimum absolute atomic E-state index is 0. The van der Waals surface area contributed by atoms with Crippen LogP contribution in [0.15, 0.2) is 12.1 Å². The van der Waals surface area contributed by atoms with Gasteiger partial charge in [0.25, 0.3) is 0 Å². The largest absolute Gasteiger partial charge is 0.507 e. The van der Waals surface area contributed by atoms with Gasteiger partial charge >= 0.3 is 74.4 Å². The number of hydrogen-bond donors (Lipinski definition) is 14. The van der Waals surface area contributed by atoms with Gasteiger partial charge in [-0.3, -0.25) is 9.59 Å². The van der Waals surface area contributed by atoms with Gasteiger partial charge in [-0.25, -0.2) is 9.59 Å². The third kappa shape index (κ3) is 20.4. The van der Waals surface area contributed by atoms with Crippen LogP contribution >= 0.6 is 145 Å². The first-order valence-electron chi connectivity index (χ1n) is 22.7. The van der Waals surface area contributed by atoms with E-state index in [2.05, 4.69) is 99.7 Å². The molecular weight excluding hydrogens is 1750 g/mol. The van der Waals surface area contributed by atoms with Gasteiger partial charge in [-0.2, -0.15) is 25.3 Å². The molecule has 12 atom stereocenters. The second-order valence-electron chi connectivity index (χ2n) is 16.9. The molecule has 0 radical (unpaired) electrons. The molecule has 12 unspecified atom stereocenters. The number of phenols is 4. The molecule has 75 heavy (non-hydrogen) atoms. The van der Waals surface area contributed by atoms with E-state index in [0.29, 0.717) is 26.1 Å². The molecule has 3 fully saturated rings. The molecule has 430 valence electrons. The molecule has 0 spiro atoms. The van der Waals surface area contributed by atoms with Crippen LogP contribution in [0.25, 0.3) is 0 Å². The molecule has 31 heteroatoms. The first-order valence-corrected chi connectivity index (χ1v) is 45.1. The maximum Gasteiger partial charge on any atom is 0.339 e. The van der Waals surface area contributed by atoms with E-state index in [1.54, 1.807) is 0 Å². The molecule has 5 aliphatic heterocycles. The fraction of sp³-hybridized carbons (Fsp3) is 0.636. The number of ether oxygens (including phenoxy) is 5. The number of esters is 3. The number of benzene rings is 2. The second-order valence-corrected chi connectivity index (χ2v) is 37.1. The van der Waals surface area contributed by atoms with Gasteiger partial charge in [-0.15, -0.1) is 24.0 Å². The van der Waals surface area contributed by atoms with Gasteiger partial charge in [0, 0.05) is 77.5 Å². The summed E-state index contributed by atoms with van der Waals surface area (Å²) in [4.78, 5) is 46.7. The number of carboxylic acids is 1. The second kappa shape index (κ2) is 37.2. The van der Waals surface area contributed by atoms with Gasteiger partial charge in [0.05, 0.1) is 42.1 Å². The Hall–Kier alpha value is 0.940. The van der Waals surface area contributed by atoms with E-state index >= 15 is 0 Å². The average molecular weight is 1820 g/mol. The Morgan fingerprint density at radius 1 is 0.760 bits per heavy atom. The van der Waals surface area contributed by atoms with E-state index in [9.17, 15) is 75.3 Å². The van der Waals surface area contributed by atoms with Crippen molar-refractivity contribution in [2.75, 3.05) is 24.7 Å². The molecule has 7 rings (SSSR count). The van der Waals surface area contributed by atoms with Gasteiger partial charge in [0.2, 0.25) is 0 Å². The van der Waals surface area contributed by atoms with Gasteiger partial charge in [-0.1, -0.05) is 34.4 Å². The van der Waals surface area contributed by atoms with Crippen LogP contribution in [0.5, 0.6) is 23.0 Å². The number of unbranched alkanes of at least 4 members (excludes halogenated alkanes) is 2. The number of carbonyl (C=O) groups excluding carboxylic acids is 3. The van der Waals surface area contributed by atoms with Gasteiger partial charge in [0.1, 0.15) is 78.4 Å². The van der Waals surface area contributed by atoms with Crippen LogP contribution in [0.1, 0.15) is 119 Å². The van der Waals surface area contributed by atoms with Crippen molar-refractivity contribution in [1.82, 2.24) is 0 Å². The first kappa shape index (κ1) is 72.0. The third-order valence-electron chi connectivity index (χ3n) is 12.1. The third-order valence-corrected chi connectivity index (χ3v) is 15.9. The van der Waals surface area contributed by atoms with E-state index in [1.165, 1.54) is 18.6 Å². The Bertz CT molecular complexity index is 2140. The molecule has 0 saturated carbocycles. The number of halogens is 6. The molecule has 0 bridgehead atoms. The summed E-state index contributed by atoms with van der Waals surface area (Å²) in [6, 6.07) is 2.05. The summed E-state index contributed by atoms with van der Waals surface area (Å²) in [5.41, 5.74) is -0.975. The molecule has 21 nitrogen and oxygen atoms in total. The molecule has 0 aromatic heterocycles. The van der Waals surface area contributed by atoms with E-state index in [1.807, 2.05) is 21.6 Å². The smallest absolute Gasteiger partial charge is 0.339 e. The molecule has 3 saturated heterocycles. The van der Waals surface area contributed by atoms with Crippen molar-refractivity contribution in [1.29, 1.82) is 0 Å². The SMILES string of the molecule is I.II.I[I-]I.O=C(CCCCC(S)CCS)OCC1OC2c3c(cc(O)c(CO)c3O)C(=O)OC2C(O)C1O.O=C(O)CCCCC1CCSS1.O=C1OC2C(OC(CO)C(O)C2O)c2c1cc(O)c(CO)c2O. The average Bonchev–Trinajstić information content (AvgIpc) is 3.90. The molecule has 0 amide bonds. The van der Waals surface area contributed by atoms with Gasteiger partial charge in [0.15, 0.2) is 12.2 Å². The minimum atomic E-state index is -1.59. The van der Waals surface area contributed by atoms with Crippen LogP contribution in [0.4, 0.5) is 0 Å². The number of aliphatic hydroxyl groups is 7. The Morgan fingerprint density at radius 3 is 1.68 bits per heavy atom. The summed E-state index contributed by atoms with van der Waals surface area (Å²) >= 11 is 18.1. The molecular formula is C44H61I6O21S4-. The predicted octanol–water partition coefficient (Wildman–Crippen LogP) is 3.25. The van der Waals surface area contributed by atoms with Crippen molar-refractivity contribution in [2.24, 2.45) is 0 Å². The maximum absolute atomic E-state index is 12.4. The predicted molar refractivity (Wildman–Crippen MR) is 323 cm³/mol. The van der Waals surface area contributed by atoms with Crippen molar-refractivity contribution in [3.05, 3.63) is 45.5 Å². The zero-order valence-electron chi connectivity index (χ0n) is 39.4. The molecule has 12 N–H and O–H groups in total. The van der Waals surface area contributed by atoms with Crippen LogP contribution in [0, 0.1) is 0 Å².